The minimum atomic E-state index is -4.61. The second-order valence-corrected chi connectivity index (χ2v) is 20.0. The summed E-state index contributed by atoms with van der Waals surface area (Å²) in [6.07, 6.45) is 46.8. The minimum Gasteiger partial charge on any atom is -0.462 e. The van der Waals surface area contributed by atoms with E-state index < -0.39 is 71.2 Å². The van der Waals surface area contributed by atoms with Gasteiger partial charge in [0.1, 0.15) is 36.8 Å². The molecule has 394 valence electrons. The highest BCUT2D eigenvalue weighted by Crippen LogP contribution is 2.24. The molecule has 6 unspecified atom stereocenters. The third-order valence-corrected chi connectivity index (χ3v) is 12.8. The molecule has 0 bridgehead atoms. The first-order valence-electron chi connectivity index (χ1n) is 26.8. The topological polar surface area (TPSA) is 186 Å². The Morgan fingerprint density at radius 2 is 0.926 bits per heavy atom. The van der Waals surface area contributed by atoms with Crippen LogP contribution >= 0.6 is 0 Å². The van der Waals surface area contributed by atoms with Crippen LogP contribution in [0, 0.1) is 0 Å². The van der Waals surface area contributed by atoms with Gasteiger partial charge in [-0.1, -0.05) is 190 Å². The molecule has 13 heteroatoms. The van der Waals surface area contributed by atoms with Gasteiger partial charge in [-0.3, -0.25) is 14.1 Å². The highest BCUT2D eigenvalue weighted by molar-refractivity contribution is 7.85. The van der Waals surface area contributed by atoms with Crippen LogP contribution < -0.4 is 0 Å². The van der Waals surface area contributed by atoms with Crippen molar-refractivity contribution in [2.24, 2.45) is 0 Å². The number of esters is 2. The van der Waals surface area contributed by atoms with Crippen LogP contribution in [0.2, 0.25) is 0 Å². The molecular formula is C55H96O12S. The Kier molecular flexibility index (Phi) is 41.3. The average Bonchev–Trinajstić information content (AvgIpc) is 3.31. The maximum Gasteiger partial charge on any atom is 0.306 e. The molecule has 1 aliphatic rings. The number of carbonyl (C=O) groups is 2. The molecule has 0 aromatic heterocycles. The van der Waals surface area contributed by atoms with Gasteiger partial charge in [0.05, 0.1) is 6.61 Å². The normalized spacial score (nSPS) is 19.6. The Morgan fingerprint density at radius 3 is 1.40 bits per heavy atom. The summed E-state index contributed by atoms with van der Waals surface area (Å²) in [5, 5.41) is 31.0. The van der Waals surface area contributed by atoms with Gasteiger partial charge in [-0.15, -0.1) is 0 Å². The summed E-state index contributed by atoms with van der Waals surface area (Å²) < 4.78 is 54.3. The van der Waals surface area contributed by atoms with Crippen LogP contribution in [0.4, 0.5) is 0 Å². The van der Waals surface area contributed by atoms with E-state index in [1.165, 1.54) is 96.3 Å². The quantitative estimate of drug-likeness (QED) is 0.0196. The Labute approximate surface area is 413 Å². The standard InChI is InChI=1S/C55H96O12S/c1-3-5-7-9-11-13-15-17-19-21-23-24-26-27-29-31-33-35-37-39-41-43-50(56)64-45-48(46-65-55-54(60)53(59)52(58)49(67-55)47-68(61,62)63)66-51(57)44-42-40-38-36-34-32-30-28-25-22-20-18-16-14-12-10-8-6-4-2/h6,8,12,14,18,20-21,23,25,28,48-49,52-55,58-60H,3-5,7,9-11,13,15-17,19,22,24,26-27,29-47H2,1-2H3,(H,61,62,63)/b8-6-,14-12-,20-18-,23-21-,28-25-. The zero-order chi connectivity index (χ0) is 49.8. The third kappa shape index (κ3) is 38.1. The lowest BCUT2D eigenvalue weighted by molar-refractivity contribution is -0.297. The van der Waals surface area contributed by atoms with Crippen molar-refractivity contribution in [2.75, 3.05) is 19.0 Å². The SMILES string of the molecule is CC/C=C\C/C=C\C/C=C\C/C=C\CCCCCCCCC(=O)OC(COC(=O)CCCCCCCCCCC/C=C\CCCCCCCCCC)COC1OC(CS(=O)(=O)O)C(O)C(O)C1O. The lowest BCUT2D eigenvalue weighted by Gasteiger charge is -2.40. The van der Waals surface area contributed by atoms with Crippen molar-refractivity contribution in [3.8, 4) is 0 Å². The predicted molar refractivity (Wildman–Crippen MR) is 275 cm³/mol. The molecular weight excluding hydrogens is 885 g/mol. The molecule has 6 atom stereocenters. The van der Waals surface area contributed by atoms with Crippen LogP contribution in [0.1, 0.15) is 219 Å². The van der Waals surface area contributed by atoms with Gasteiger partial charge in [0.15, 0.2) is 12.4 Å². The Morgan fingerprint density at radius 1 is 0.515 bits per heavy atom. The van der Waals surface area contributed by atoms with E-state index in [1.54, 1.807) is 0 Å². The summed E-state index contributed by atoms with van der Waals surface area (Å²) in [6.45, 7) is 3.66. The van der Waals surface area contributed by atoms with Gasteiger partial charge in [0, 0.05) is 12.8 Å². The number of rotatable bonds is 45. The number of ether oxygens (including phenoxy) is 4. The molecule has 1 rings (SSSR count). The Bertz CT molecular complexity index is 1470. The van der Waals surface area contributed by atoms with Crippen LogP contribution in [0.25, 0.3) is 0 Å². The van der Waals surface area contributed by atoms with E-state index in [4.69, 9.17) is 18.9 Å². The van der Waals surface area contributed by atoms with E-state index in [1.807, 2.05) is 0 Å². The summed E-state index contributed by atoms with van der Waals surface area (Å²) in [5.74, 6) is -2.00. The fraction of sp³-hybridized carbons (Fsp3) is 0.782. The second kappa shape index (κ2) is 44.3. The number of hydrogen-bond donors (Lipinski definition) is 4. The molecule has 0 radical (unpaired) electrons. The van der Waals surface area contributed by atoms with Gasteiger partial charge in [-0.25, -0.2) is 0 Å². The van der Waals surface area contributed by atoms with E-state index in [-0.39, 0.29) is 19.4 Å². The maximum absolute atomic E-state index is 12.9. The summed E-state index contributed by atoms with van der Waals surface area (Å²) in [7, 11) is -4.61. The molecule has 0 aromatic rings. The monoisotopic (exact) mass is 981 g/mol. The highest BCUT2D eigenvalue weighted by Gasteiger charge is 2.46. The minimum absolute atomic E-state index is 0.146. The zero-order valence-electron chi connectivity index (χ0n) is 42.4. The predicted octanol–water partition coefficient (Wildman–Crippen LogP) is 12.5. The third-order valence-electron chi connectivity index (χ3n) is 12.1. The van der Waals surface area contributed by atoms with Crippen LogP contribution in [0.5, 0.6) is 0 Å². The molecule has 1 saturated heterocycles. The summed E-state index contributed by atoms with van der Waals surface area (Å²) in [6, 6.07) is 0. The van der Waals surface area contributed by atoms with Gasteiger partial charge >= 0.3 is 11.9 Å². The van der Waals surface area contributed by atoms with E-state index in [9.17, 15) is 37.9 Å². The first-order valence-corrected chi connectivity index (χ1v) is 28.5. The molecule has 1 aliphatic heterocycles. The maximum atomic E-state index is 12.9. The lowest BCUT2D eigenvalue weighted by Crippen LogP contribution is -2.60. The number of carbonyl (C=O) groups excluding carboxylic acids is 2. The molecule has 12 nitrogen and oxygen atoms in total. The number of aliphatic hydroxyl groups is 3. The molecule has 1 fully saturated rings. The fourth-order valence-corrected chi connectivity index (χ4v) is 8.65. The Hall–Kier alpha value is -2.65. The van der Waals surface area contributed by atoms with Crippen LogP contribution in [-0.4, -0.2) is 96.0 Å². The smallest absolute Gasteiger partial charge is 0.306 e. The summed E-state index contributed by atoms with van der Waals surface area (Å²) in [5.41, 5.74) is 0. The van der Waals surface area contributed by atoms with Crippen LogP contribution in [0.3, 0.4) is 0 Å². The van der Waals surface area contributed by atoms with E-state index in [2.05, 4.69) is 74.6 Å². The highest BCUT2D eigenvalue weighted by atomic mass is 32.2. The number of aliphatic hydroxyl groups excluding tert-OH is 3. The molecule has 0 saturated carbocycles. The molecule has 0 spiro atoms. The Balaban J connectivity index is 2.36. The van der Waals surface area contributed by atoms with Crippen LogP contribution in [-0.2, 0) is 38.7 Å². The second-order valence-electron chi connectivity index (χ2n) is 18.5. The molecule has 0 aliphatic carbocycles. The number of allylic oxidation sites excluding steroid dienone is 10. The van der Waals surface area contributed by atoms with Crippen molar-refractivity contribution in [1.82, 2.24) is 0 Å². The average molecular weight is 981 g/mol. The van der Waals surface area contributed by atoms with Crippen molar-refractivity contribution in [3.63, 3.8) is 0 Å². The van der Waals surface area contributed by atoms with Crippen molar-refractivity contribution < 1.29 is 56.8 Å². The van der Waals surface area contributed by atoms with E-state index >= 15 is 0 Å². The van der Waals surface area contributed by atoms with Crippen LogP contribution in [0.15, 0.2) is 60.8 Å². The van der Waals surface area contributed by atoms with Gasteiger partial charge in [-0.2, -0.15) is 8.42 Å². The van der Waals surface area contributed by atoms with E-state index in [0.717, 1.165) is 83.5 Å². The lowest BCUT2D eigenvalue weighted by atomic mass is 10.00. The van der Waals surface area contributed by atoms with Gasteiger partial charge in [0.25, 0.3) is 10.1 Å². The van der Waals surface area contributed by atoms with Crippen molar-refractivity contribution in [1.29, 1.82) is 0 Å². The number of hydrogen-bond acceptors (Lipinski definition) is 11. The van der Waals surface area contributed by atoms with Gasteiger partial charge in [0.2, 0.25) is 0 Å². The zero-order valence-corrected chi connectivity index (χ0v) is 43.3. The van der Waals surface area contributed by atoms with Gasteiger partial charge in [-0.05, 0) is 77.0 Å². The molecule has 0 amide bonds. The molecule has 68 heavy (non-hydrogen) atoms. The summed E-state index contributed by atoms with van der Waals surface area (Å²) in [4.78, 5) is 25.6. The molecule has 0 aromatic carbocycles. The largest absolute Gasteiger partial charge is 0.462 e. The first kappa shape index (κ1) is 63.4. The first-order chi connectivity index (χ1) is 33.0. The van der Waals surface area contributed by atoms with Crippen molar-refractivity contribution >= 4 is 22.1 Å². The van der Waals surface area contributed by atoms with Gasteiger partial charge < -0.3 is 34.3 Å². The fourth-order valence-electron chi connectivity index (χ4n) is 7.96. The van der Waals surface area contributed by atoms with Crippen molar-refractivity contribution in [2.45, 2.75) is 256 Å². The van der Waals surface area contributed by atoms with Crippen molar-refractivity contribution in [3.05, 3.63) is 60.8 Å². The number of unbranched alkanes of at least 4 members (excludes halogenated alkanes) is 23. The summed E-state index contributed by atoms with van der Waals surface area (Å²) >= 11 is 0. The molecule has 1 heterocycles. The molecule has 4 N–H and O–H groups in total. The van der Waals surface area contributed by atoms with E-state index in [0.29, 0.717) is 12.8 Å².